The first-order chi connectivity index (χ1) is 6.24. The predicted molar refractivity (Wildman–Crippen MR) is 67.0 cm³/mol. The molecule has 0 saturated heterocycles. The SMILES string of the molecule is C#C.CCC.CCCC.CCCC. The molecule has 0 aromatic heterocycles. The van der Waals surface area contributed by atoms with Gasteiger partial charge in [-0.1, -0.05) is 73.6 Å². The van der Waals surface area contributed by atoms with Crippen LogP contribution in [0.4, 0.5) is 0 Å². The first-order valence-electron chi connectivity index (χ1n) is 5.58. The molecule has 82 valence electrons. The molecule has 0 atom stereocenters. The summed E-state index contributed by atoms with van der Waals surface area (Å²) in [6.45, 7) is 13.0. The van der Waals surface area contributed by atoms with Gasteiger partial charge in [0.15, 0.2) is 0 Å². The summed E-state index contributed by atoms with van der Waals surface area (Å²) in [5.74, 6) is 0. The third kappa shape index (κ3) is 434. The summed E-state index contributed by atoms with van der Waals surface area (Å²) in [6, 6.07) is 0. The Hall–Kier alpha value is -0.440. The second kappa shape index (κ2) is 62.0. The highest BCUT2D eigenvalue weighted by Gasteiger charge is 1.56. The lowest BCUT2D eigenvalue weighted by Crippen LogP contribution is -1.47. The van der Waals surface area contributed by atoms with Crippen molar-refractivity contribution >= 4 is 0 Å². The number of hydrogen-bond donors (Lipinski definition) is 0. The summed E-state index contributed by atoms with van der Waals surface area (Å²) >= 11 is 0. The van der Waals surface area contributed by atoms with Crippen LogP contribution in [0, 0.1) is 12.8 Å². The molecule has 0 heteroatoms. The van der Waals surface area contributed by atoms with Gasteiger partial charge >= 0.3 is 0 Å². The molecule has 0 aromatic carbocycles. The van der Waals surface area contributed by atoms with E-state index in [1.807, 2.05) is 0 Å². The van der Waals surface area contributed by atoms with Gasteiger partial charge in [0.25, 0.3) is 0 Å². The smallest absolute Gasteiger partial charge is 0.0564 e. The molecule has 0 bridgehead atoms. The standard InChI is InChI=1S/2C4H10.C3H8.C2H2/c2*1-3-4-2;1-3-2;1-2/h2*3-4H2,1-2H3;3H2,1-2H3;1-2H. The largest absolute Gasteiger partial charge is 0.124 e. The fraction of sp³-hybridized carbons (Fsp3) is 0.846. The van der Waals surface area contributed by atoms with Crippen molar-refractivity contribution in [3.05, 3.63) is 0 Å². The van der Waals surface area contributed by atoms with Gasteiger partial charge in [0.05, 0.1) is 0 Å². The van der Waals surface area contributed by atoms with Gasteiger partial charge in [-0.25, -0.2) is 0 Å². The lowest BCUT2D eigenvalue weighted by Gasteiger charge is -1.68. The summed E-state index contributed by atoms with van der Waals surface area (Å²) in [5.41, 5.74) is 0. The van der Waals surface area contributed by atoms with E-state index in [-0.39, 0.29) is 0 Å². The van der Waals surface area contributed by atoms with Crippen molar-refractivity contribution in [3.8, 4) is 12.8 Å². The lowest BCUT2D eigenvalue weighted by atomic mass is 10.4. The van der Waals surface area contributed by atoms with Gasteiger partial charge in [-0.15, -0.1) is 12.8 Å². The third-order valence-corrected chi connectivity index (χ3v) is 1.000. The number of rotatable bonds is 2. The Kier molecular flexibility index (Phi) is 109. The fourth-order valence-corrected chi connectivity index (χ4v) is 0. The zero-order valence-corrected chi connectivity index (χ0v) is 10.7. The molecule has 0 spiro atoms. The summed E-state index contributed by atoms with van der Waals surface area (Å²) in [4.78, 5) is 0. The Morgan fingerprint density at radius 1 is 0.538 bits per heavy atom. The van der Waals surface area contributed by atoms with Crippen LogP contribution in [0.2, 0.25) is 0 Å². The normalized spacial score (nSPS) is 6.15. The van der Waals surface area contributed by atoms with Gasteiger partial charge in [0.1, 0.15) is 0 Å². The van der Waals surface area contributed by atoms with E-state index in [9.17, 15) is 0 Å². The van der Waals surface area contributed by atoms with Gasteiger partial charge in [0, 0.05) is 0 Å². The minimum absolute atomic E-state index is 1.25. The average Bonchev–Trinajstić information content (AvgIpc) is 2.22. The summed E-state index contributed by atoms with van der Waals surface area (Å²) < 4.78 is 0. The zero-order chi connectivity index (χ0) is 11.5. The number of unbranched alkanes of at least 4 members (excludes halogenated alkanes) is 2. The van der Waals surface area contributed by atoms with Crippen LogP contribution in [0.15, 0.2) is 0 Å². The minimum Gasteiger partial charge on any atom is -0.124 e. The van der Waals surface area contributed by atoms with Crippen LogP contribution in [-0.2, 0) is 0 Å². The van der Waals surface area contributed by atoms with E-state index in [0.717, 1.165) is 0 Å². The van der Waals surface area contributed by atoms with Crippen LogP contribution in [0.1, 0.15) is 73.6 Å². The van der Waals surface area contributed by atoms with E-state index < -0.39 is 0 Å². The van der Waals surface area contributed by atoms with E-state index in [1.54, 1.807) is 0 Å². The maximum absolute atomic E-state index is 4.00. The van der Waals surface area contributed by atoms with Gasteiger partial charge in [-0.05, 0) is 0 Å². The molecule has 0 amide bonds. The first kappa shape index (κ1) is 22.9. The number of hydrogen-bond acceptors (Lipinski definition) is 0. The summed E-state index contributed by atoms with van der Waals surface area (Å²) in [7, 11) is 0. The molecule has 0 aliphatic rings. The second-order valence-corrected chi connectivity index (χ2v) is 2.71. The number of terminal acetylenes is 1. The Bertz CT molecular complexity index is 35.2. The van der Waals surface area contributed by atoms with Crippen molar-refractivity contribution in [1.82, 2.24) is 0 Å². The molecule has 0 fully saturated rings. The Balaban J connectivity index is -0.0000000431. The highest BCUT2D eigenvalue weighted by Crippen LogP contribution is 1.77. The van der Waals surface area contributed by atoms with Crippen LogP contribution in [-0.4, -0.2) is 0 Å². The van der Waals surface area contributed by atoms with Gasteiger partial charge in [0.2, 0.25) is 0 Å². The lowest BCUT2D eigenvalue weighted by molar-refractivity contribution is 0.886. The molecule has 0 aliphatic carbocycles. The highest BCUT2D eigenvalue weighted by molar-refractivity contribution is 4.47. The highest BCUT2D eigenvalue weighted by atomic mass is 13.6. The molecular formula is C13H30. The Labute approximate surface area is 87.1 Å². The topological polar surface area (TPSA) is 0 Å². The van der Waals surface area contributed by atoms with Crippen LogP contribution in [0.3, 0.4) is 0 Å². The van der Waals surface area contributed by atoms with E-state index in [2.05, 4.69) is 54.4 Å². The van der Waals surface area contributed by atoms with Crippen LogP contribution < -0.4 is 0 Å². The molecule has 13 heavy (non-hydrogen) atoms. The molecule has 0 nitrogen and oxygen atoms in total. The molecule has 0 N–H and O–H groups in total. The molecular weight excluding hydrogens is 156 g/mol. The molecule has 0 heterocycles. The average molecular weight is 186 g/mol. The first-order valence-corrected chi connectivity index (χ1v) is 5.58. The van der Waals surface area contributed by atoms with E-state index in [1.165, 1.54) is 32.1 Å². The van der Waals surface area contributed by atoms with E-state index >= 15 is 0 Å². The molecule has 0 rings (SSSR count). The molecule has 0 aromatic rings. The Morgan fingerprint density at radius 2 is 0.615 bits per heavy atom. The molecule has 0 radical (unpaired) electrons. The van der Waals surface area contributed by atoms with Crippen molar-refractivity contribution < 1.29 is 0 Å². The summed E-state index contributed by atoms with van der Waals surface area (Å²) in [6.07, 6.45) is 14.5. The van der Waals surface area contributed by atoms with Crippen molar-refractivity contribution in [1.29, 1.82) is 0 Å². The second-order valence-electron chi connectivity index (χ2n) is 2.71. The minimum atomic E-state index is 1.25. The van der Waals surface area contributed by atoms with Crippen LogP contribution >= 0.6 is 0 Å². The van der Waals surface area contributed by atoms with Crippen molar-refractivity contribution in [3.63, 3.8) is 0 Å². The Morgan fingerprint density at radius 3 is 0.615 bits per heavy atom. The monoisotopic (exact) mass is 186 g/mol. The fourth-order valence-electron chi connectivity index (χ4n) is 0. The van der Waals surface area contributed by atoms with Crippen LogP contribution in [0.5, 0.6) is 0 Å². The van der Waals surface area contributed by atoms with Gasteiger partial charge < -0.3 is 0 Å². The van der Waals surface area contributed by atoms with E-state index in [4.69, 9.17) is 0 Å². The van der Waals surface area contributed by atoms with Crippen molar-refractivity contribution in [2.75, 3.05) is 0 Å². The van der Waals surface area contributed by atoms with Crippen molar-refractivity contribution in [2.24, 2.45) is 0 Å². The van der Waals surface area contributed by atoms with Gasteiger partial charge in [-0.3, -0.25) is 0 Å². The summed E-state index contributed by atoms with van der Waals surface area (Å²) in [5, 5.41) is 0. The predicted octanol–water partition coefficient (Wildman–Crippen LogP) is 5.28. The third-order valence-electron chi connectivity index (χ3n) is 1.000. The molecule has 0 saturated carbocycles. The zero-order valence-electron chi connectivity index (χ0n) is 10.7. The molecule has 0 unspecified atom stereocenters. The maximum atomic E-state index is 4.00. The molecule has 0 aliphatic heterocycles. The van der Waals surface area contributed by atoms with Crippen LogP contribution in [0.25, 0.3) is 0 Å². The maximum Gasteiger partial charge on any atom is -0.0564 e. The van der Waals surface area contributed by atoms with Gasteiger partial charge in [-0.2, -0.15) is 0 Å². The van der Waals surface area contributed by atoms with Crippen molar-refractivity contribution in [2.45, 2.75) is 73.6 Å². The quantitative estimate of drug-likeness (QED) is 0.515. The van der Waals surface area contributed by atoms with E-state index in [0.29, 0.717) is 0 Å².